The van der Waals surface area contributed by atoms with Crippen LogP contribution in [0, 0.1) is 0 Å². The maximum atomic E-state index is 5.69. The minimum Gasteiger partial charge on any atom is -0.368 e. The predicted octanol–water partition coefficient (Wildman–Crippen LogP) is 0.751. The fourth-order valence-corrected chi connectivity index (χ4v) is 2.23. The van der Waals surface area contributed by atoms with E-state index in [4.69, 9.17) is 5.73 Å². The lowest BCUT2D eigenvalue weighted by Gasteiger charge is -2.06. The molecule has 8 nitrogen and oxygen atoms in total. The van der Waals surface area contributed by atoms with Crippen molar-refractivity contribution in [3.8, 4) is 5.95 Å². The molecule has 9 heteroatoms. The van der Waals surface area contributed by atoms with Crippen LogP contribution < -0.4 is 11.1 Å². The molecular weight excluding hydrogens is 276 g/mol. The number of nitrogens with two attached hydrogens (primary N) is 1. The summed E-state index contributed by atoms with van der Waals surface area (Å²) in [5.74, 6) is 1.05. The molecule has 0 spiro atoms. The highest BCUT2D eigenvalue weighted by Gasteiger charge is 2.06. The Morgan fingerprint density at radius 3 is 2.95 bits per heavy atom. The largest absolute Gasteiger partial charge is 0.368 e. The number of anilines is 2. The van der Waals surface area contributed by atoms with Crippen molar-refractivity contribution in [2.24, 2.45) is 0 Å². The first-order valence-corrected chi connectivity index (χ1v) is 6.81. The minimum atomic E-state index is 0.167. The summed E-state index contributed by atoms with van der Waals surface area (Å²) in [5, 5.41) is 6.13. The van der Waals surface area contributed by atoms with Crippen LogP contribution in [0.25, 0.3) is 5.95 Å². The van der Waals surface area contributed by atoms with Gasteiger partial charge in [-0.05, 0) is 0 Å². The van der Waals surface area contributed by atoms with Crippen LogP contribution in [-0.2, 0) is 6.42 Å². The number of hydrogen-bond acceptors (Lipinski definition) is 8. The van der Waals surface area contributed by atoms with Gasteiger partial charge in [0.2, 0.25) is 17.8 Å². The molecule has 0 radical (unpaired) electrons. The Kier molecular flexibility index (Phi) is 3.50. The molecule has 3 N–H and O–H groups in total. The van der Waals surface area contributed by atoms with Crippen molar-refractivity contribution >= 4 is 23.2 Å². The van der Waals surface area contributed by atoms with E-state index in [0.29, 0.717) is 18.4 Å². The van der Waals surface area contributed by atoms with Crippen molar-refractivity contribution < 1.29 is 0 Å². The summed E-state index contributed by atoms with van der Waals surface area (Å²) in [4.78, 5) is 20.6. The van der Waals surface area contributed by atoms with Crippen LogP contribution >= 0.6 is 11.3 Å². The summed E-state index contributed by atoms with van der Waals surface area (Å²) in [6.07, 6.45) is 7.60. The van der Waals surface area contributed by atoms with Crippen LogP contribution in [0.3, 0.4) is 0 Å². The van der Waals surface area contributed by atoms with Gasteiger partial charge in [-0.1, -0.05) is 0 Å². The second-order valence-corrected chi connectivity index (χ2v) is 4.87. The van der Waals surface area contributed by atoms with Gasteiger partial charge in [-0.25, -0.2) is 9.97 Å². The van der Waals surface area contributed by atoms with Crippen LogP contribution in [0.2, 0.25) is 0 Å². The van der Waals surface area contributed by atoms with Gasteiger partial charge in [0, 0.05) is 36.9 Å². The molecule has 0 unspecified atom stereocenters. The Labute approximate surface area is 118 Å². The minimum absolute atomic E-state index is 0.167. The topological polar surface area (TPSA) is 107 Å². The van der Waals surface area contributed by atoms with E-state index in [1.54, 1.807) is 40.8 Å². The predicted molar refractivity (Wildman–Crippen MR) is 75.7 cm³/mol. The third kappa shape index (κ3) is 2.88. The lowest BCUT2D eigenvalue weighted by atomic mass is 10.4. The molecule has 20 heavy (non-hydrogen) atoms. The zero-order valence-electron chi connectivity index (χ0n) is 10.5. The fraction of sp³-hybridized carbons (Fsp3) is 0.182. The first-order chi connectivity index (χ1) is 9.81. The monoisotopic (exact) mass is 288 g/mol. The third-order valence-electron chi connectivity index (χ3n) is 2.48. The van der Waals surface area contributed by atoms with Crippen LogP contribution in [-0.4, -0.2) is 36.0 Å². The average molecular weight is 288 g/mol. The van der Waals surface area contributed by atoms with Crippen molar-refractivity contribution in [1.29, 1.82) is 0 Å². The van der Waals surface area contributed by atoms with Gasteiger partial charge >= 0.3 is 0 Å². The van der Waals surface area contributed by atoms with Crippen molar-refractivity contribution in [3.05, 3.63) is 35.3 Å². The fourth-order valence-electron chi connectivity index (χ4n) is 1.61. The Hall–Kier alpha value is -2.55. The van der Waals surface area contributed by atoms with Gasteiger partial charge in [-0.2, -0.15) is 15.0 Å². The number of thiazole rings is 1. The molecule has 3 rings (SSSR count). The van der Waals surface area contributed by atoms with Crippen molar-refractivity contribution in [3.63, 3.8) is 0 Å². The Morgan fingerprint density at radius 2 is 2.20 bits per heavy atom. The number of hydrogen-bond donors (Lipinski definition) is 2. The molecule has 0 aliphatic heterocycles. The molecule has 3 heterocycles. The molecule has 0 aliphatic rings. The Morgan fingerprint density at radius 1 is 1.25 bits per heavy atom. The average Bonchev–Trinajstić information content (AvgIpc) is 3.11. The first-order valence-electron chi connectivity index (χ1n) is 5.93. The van der Waals surface area contributed by atoms with Gasteiger partial charge in [0.15, 0.2) is 0 Å². The molecule has 3 aromatic rings. The Bertz CT molecular complexity index is 664. The van der Waals surface area contributed by atoms with Gasteiger partial charge < -0.3 is 11.1 Å². The molecule has 0 fully saturated rings. The summed E-state index contributed by atoms with van der Waals surface area (Å²) >= 11 is 1.62. The number of aromatic nitrogens is 6. The molecule has 0 saturated carbocycles. The quantitative estimate of drug-likeness (QED) is 0.713. The van der Waals surface area contributed by atoms with E-state index in [1.165, 1.54) is 0 Å². The lowest BCUT2D eigenvalue weighted by Crippen LogP contribution is -2.12. The van der Waals surface area contributed by atoms with E-state index >= 15 is 0 Å². The first kappa shape index (κ1) is 12.5. The van der Waals surface area contributed by atoms with Gasteiger partial charge in [-0.15, -0.1) is 11.3 Å². The summed E-state index contributed by atoms with van der Waals surface area (Å²) in [5.41, 5.74) is 5.69. The Balaban J connectivity index is 1.70. The molecule has 0 aromatic carbocycles. The zero-order chi connectivity index (χ0) is 13.8. The van der Waals surface area contributed by atoms with Crippen molar-refractivity contribution in [1.82, 2.24) is 29.5 Å². The van der Waals surface area contributed by atoms with Crippen LogP contribution in [0.15, 0.2) is 30.3 Å². The summed E-state index contributed by atoms with van der Waals surface area (Å²) in [7, 11) is 0. The highest BCUT2D eigenvalue weighted by molar-refractivity contribution is 7.09. The molecule has 0 aliphatic carbocycles. The van der Waals surface area contributed by atoms with Gasteiger partial charge in [0.05, 0.1) is 5.01 Å². The van der Waals surface area contributed by atoms with Gasteiger partial charge in [0.1, 0.15) is 6.33 Å². The lowest BCUT2D eigenvalue weighted by molar-refractivity contribution is 0.889. The van der Waals surface area contributed by atoms with E-state index in [1.807, 2.05) is 5.38 Å². The van der Waals surface area contributed by atoms with E-state index in [0.717, 1.165) is 11.4 Å². The van der Waals surface area contributed by atoms with Crippen LogP contribution in [0.4, 0.5) is 11.9 Å². The van der Waals surface area contributed by atoms with E-state index in [-0.39, 0.29) is 5.95 Å². The second-order valence-electron chi connectivity index (χ2n) is 3.89. The highest BCUT2D eigenvalue weighted by atomic mass is 32.1. The molecular formula is C11H12N8S. The van der Waals surface area contributed by atoms with E-state index in [9.17, 15) is 0 Å². The maximum Gasteiger partial charge on any atom is 0.241 e. The zero-order valence-corrected chi connectivity index (χ0v) is 11.3. The third-order valence-corrected chi connectivity index (χ3v) is 3.32. The molecule has 0 amide bonds. The van der Waals surface area contributed by atoms with Crippen LogP contribution in [0.1, 0.15) is 5.01 Å². The highest BCUT2D eigenvalue weighted by Crippen LogP contribution is 2.08. The van der Waals surface area contributed by atoms with E-state index < -0.39 is 0 Å². The molecule has 0 bridgehead atoms. The maximum absolute atomic E-state index is 5.69. The number of rotatable bonds is 5. The number of nitrogen functional groups attached to an aromatic ring is 1. The van der Waals surface area contributed by atoms with Gasteiger partial charge in [0.25, 0.3) is 0 Å². The van der Waals surface area contributed by atoms with Crippen molar-refractivity contribution in [2.75, 3.05) is 17.6 Å². The SMILES string of the molecule is Nc1nc(NCCc2nccs2)nc(-n2ccnc2)n1. The number of nitrogens with zero attached hydrogens (tertiary/aromatic N) is 6. The number of imidazole rings is 1. The normalized spacial score (nSPS) is 10.6. The molecule has 0 atom stereocenters. The number of nitrogens with one attached hydrogen (secondary N) is 1. The molecule has 0 saturated heterocycles. The van der Waals surface area contributed by atoms with Crippen molar-refractivity contribution in [2.45, 2.75) is 6.42 Å². The summed E-state index contributed by atoms with van der Waals surface area (Å²) < 4.78 is 1.67. The second kappa shape index (κ2) is 5.61. The molecule has 102 valence electrons. The van der Waals surface area contributed by atoms with Crippen LogP contribution in [0.5, 0.6) is 0 Å². The summed E-state index contributed by atoms with van der Waals surface area (Å²) in [6.45, 7) is 0.681. The molecule has 3 aromatic heterocycles. The standard InChI is InChI=1S/C11H12N8S/c12-9-16-10(15-2-1-8-14-4-6-20-8)18-11(17-9)19-5-3-13-7-19/h3-7H,1-2H2,(H3,12,15,16,17,18). The smallest absolute Gasteiger partial charge is 0.241 e. The summed E-state index contributed by atoms with van der Waals surface area (Å²) in [6, 6.07) is 0. The van der Waals surface area contributed by atoms with Gasteiger partial charge in [-0.3, -0.25) is 4.57 Å². The van der Waals surface area contributed by atoms with E-state index in [2.05, 4.69) is 30.2 Å².